The Labute approximate surface area is 118 Å². The van der Waals surface area contributed by atoms with Gasteiger partial charge >= 0.3 is 0 Å². The number of rotatable bonds is 5. The van der Waals surface area contributed by atoms with Gasteiger partial charge < -0.3 is 14.8 Å². The minimum absolute atomic E-state index is 0.246. The van der Waals surface area contributed by atoms with E-state index >= 15 is 0 Å². The molecule has 0 aliphatic heterocycles. The zero-order valence-corrected chi connectivity index (χ0v) is 11.9. The summed E-state index contributed by atoms with van der Waals surface area (Å²) in [6.07, 6.45) is 0. The van der Waals surface area contributed by atoms with Crippen LogP contribution in [0.15, 0.2) is 36.4 Å². The van der Waals surface area contributed by atoms with Gasteiger partial charge in [0.15, 0.2) is 0 Å². The monoisotopic (exact) mass is 275 g/mol. The average molecular weight is 275 g/mol. The Bertz CT molecular complexity index is 577. The van der Waals surface area contributed by atoms with Gasteiger partial charge in [-0.3, -0.25) is 0 Å². The van der Waals surface area contributed by atoms with E-state index in [4.69, 9.17) is 9.47 Å². The maximum atomic E-state index is 14.1. The van der Waals surface area contributed by atoms with Crippen LogP contribution in [0.25, 0.3) is 11.1 Å². The lowest BCUT2D eigenvalue weighted by molar-refractivity contribution is 0.397. The zero-order valence-electron chi connectivity index (χ0n) is 11.9. The summed E-state index contributed by atoms with van der Waals surface area (Å²) >= 11 is 0. The molecular formula is C16H18FNO2. The van der Waals surface area contributed by atoms with Crippen LogP contribution >= 0.6 is 0 Å². The summed E-state index contributed by atoms with van der Waals surface area (Å²) in [5.74, 6) is 1.07. The standard InChI is InChI=1S/C16H18FNO2/c1-18-10-12-8-7-11(9-13(12)17)16-14(19-2)5-4-6-15(16)20-3/h4-9,18H,10H2,1-3H3. The summed E-state index contributed by atoms with van der Waals surface area (Å²) < 4.78 is 24.8. The largest absolute Gasteiger partial charge is 0.496 e. The zero-order chi connectivity index (χ0) is 14.5. The van der Waals surface area contributed by atoms with Crippen molar-refractivity contribution >= 4 is 0 Å². The first-order valence-electron chi connectivity index (χ1n) is 6.35. The van der Waals surface area contributed by atoms with Crippen molar-refractivity contribution in [1.29, 1.82) is 0 Å². The van der Waals surface area contributed by atoms with E-state index in [2.05, 4.69) is 5.32 Å². The van der Waals surface area contributed by atoms with Gasteiger partial charge in [0.2, 0.25) is 0 Å². The fourth-order valence-corrected chi connectivity index (χ4v) is 2.17. The molecule has 0 spiro atoms. The van der Waals surface area contributed by atoms with E-state index < -0.39 is 0 Å². The SMILES string of the molecule is CNCc1ccc(-c2c(OC)cccc2OC)cc1F. The Balaban J connectivity index is 2.53. The second kappa shape index (κ2) is 6.39. The quantitative estimate of drug-likeness (QED) is 0.908. The lowest BCUT2D eigenvalue weighted by Crippen LogP contribution is -2.07. The van der Waals surface area contributed by atoms with Gasteiger partial charge in [-0.25, -0.2) is 4.39 Å². The molecule has 0 aliphatic rings. The highest BCUT2D eigenvalue weighted by Gasteiger charge is 2.14. The van der Waals surface area contributed by atoms with E-state index in [1.54, 1.807) is 27.3 Å². The number of hydrogen-bond donors (Lipinski definition) is 1. The number of methoxy groups -OCH3 is 2. The van der Waals surface area contributed by atoms with Crippen molar-refractivity contribution in [3.63, 3.8) is 0 Å². The summed E-state index contributed by atoms with van der Waals surface area (Å²) in [5.41, 5.74) is 2.12. The van der Waals surface area contributed by atoms with Gasteiger partial charge in [-0.1, -0.05) is 18.2 Å². The Morgan fingerprint density at radius 1 is 1.05 bits per heavy atom. The van der Waals surface area contributed by atoms with E-state index in [1.807, 2.05) is 24.3 Å². The van der Waals surface area contributed by atoms with Gasteiger partial charge in [0.05, 0.1) is 19.8 Å². The molecule has 0 heterocycles. The number of nitrogens with one attached hydrogen (secondary N) is 1. The van der Waals surface area contributed by atoms with Crippen molar-refractivity contribution in [3.05, 3.63) is 47.8 Å². The molecule has 0 unspecified atom stereocenters. The van der Waals surface area contributed by atoms with Crippen LogP contribution in [0.5, 0.6) is 11.5 Å². The topological polar surface area (TPSA) is 30.5 Å². The van der Waals surface area contributed by atoms with Gasteiger partial charge in [0.25, 0.3) is 0 Å². The van der Waals surface area contributed by atoms with Gasteiger partial charge in [-0.15, -0.1) is 0 Å². The van der Waals surface area contributed by atoms with Crippen LogP contribution < -0.4 is 14.8 Å². The van der Waals surface area contributed by atoms with E-state index in [-0.39, 0.29) is 5.82 Å². The fourth-order valence-electron chi connectivity index (χ4n) is 2.17. The maximum Gasteiger partial charge on any atom is 0.130 e. The summed E-state index contributed by atoms with van der Waals surface area (Å²) in [6, 6.07) is 10.7. The van der Waals surface area contributed by atoms with Gasteiger partial charge in [-0.05, 0) is 30.8 Å². The predicted octanol–water partition coefficient (Wildman–Crippen LogP) is 3.23. The third-order valence-corrected chi connectivity index (χ3v) is 3.14. The van der Waals surface area contributed by atoms with Crippen molar-refractivity contribution < 1.29 is 13.9 Å². The Kier molecular flexibility index (Phi) is 4.58. The number of ether oxygens (including phenoxy) is 2. The van der Waals surface area contributed by atoms with Crippen molar-refractivity contribution in [2.24, 2.45) is 0 Å². The molecule has 0 amide bonds. The van der Waals surface area contributed by atoms with Crippen molar-refractivity contribution in [1.82, 2.24) is 5.32 Å². The maximum absolute atomic E-state index is 14.1. The highest BCUT2D eigenvalue weighted by Crippen LogP contribution is 2.38. The number of hydrogen-bond acceptors (Lipinski definition) is 3. The van der Waals surface area contributed by atoms with Crippen LogP contribution in [-0.4, -0.2) is 21.3 Å². The second-order valence-corrected chi connectivity index (χ2v) is 4.37. The third kappa shape index (κ3) is 2.75. The van der Waals surface area contributed by atoms with E-state index in [1.165, 1.54) is 6.07 Å². The number of halogens is 1. The van der Waals surface area contributed by atoms with Crippen molar-refractivity contribution in [3.8, 4) is 22.6 Å². The van der Waals surface area contributed by atoms with Crippen LogP contribution in [0.2, 0.25) is 0 Å². The summed E-state index contributed by atoms with van der Waals surface area (Å²) in [4.78, 5) is 0. The minimum atomic E-state index is -0.246. The molecule has 0 saturated carbocycles. The lowest BCUT2D eigenvalue weighted by atomic mass is 10.0. The Hall–Kier alpha value is -2.07. The Morgan fingerprint density at radius 3 is 2.20 bits per heavy atom. The molecule has 2 rings (SSSR count). The molecule has 0 aliphatic carbocycles. The van der Waals surface area contributed by atoms with Gasteiger partial charge in [0, 0.05) is 12.1 Å². The van der Waals surface area contributed by atoms with Crippen LogP contribution in [-0.2, 0) is 6.54 Å². The molecule has 106 valence electrons. The minimum Gasteiger partial charge on any atom is -0.496 e. The average Bonchev–Trinajstić information content (AvgIpc) is 2.48. The molecule has 2 aromatic rings. The molecular weight excluding hydrogens is 257 g/mol. The summed E-state index contributed by atoms with van der Waals surface area (Å²) in [6.45, 7) is 0.495. The van der Waals surface area contributed by atoms with E-state index in [0.29, 0.717) is 23.6 Å². The van der Waals surface area contributed by atoms with Crippen molar-refractivity contribution in [2.75, 3.05) is 21.3 Å². The van der Waals surface area contributed by atoms with Crippen LogP contribution in [0.3, 0.4) is 0 Å². The summed E-state index contributed by atoms with van der Waals surface area (Å²) in [5, 5.41) is 2.94. The Morgan fingerprint density at radius 2 is 1.70 bits per heavy atom. The highest BCUT2D eigenvalue weighted by atomic mass is 19.1. The normalized spacial score (nSPS) is 10.4. The van der Waals surface area contributed by atoms with Gasteiger partial charge in [-0.2, -0.15) is 0 Å². The first-order chi connectivity index (χ1) is 9.71. The molecule has 0 aromatic heterocycles. The molecule has 2 aromatic carbocycles. The third-order valence-electron chi connectivity index (χ3n) is 3.14. The highest BCUT2D eigenvalue weighted by molar-refractivity contribution is 5.77. The molecule has 1 N–H and O–H groups in total. The molecule has 0 saturated heterocycles. The van der Waals surface area contributed by atoms with E-state index in [0.717, 1.165) is 11.1 Å². The smallest absolute Gasteiger partial charge is 0.130 e. The first kappa shape index (κ1) is 14.3. The molecule has 0 fully saturated rings. The fraction of sp³-hybridized carbons (Fsp3) is 0.250. The second-order valence-electron chi connectivity index (χ2n) is 4.37. The first-order valence-corrected chi connectivity index (χ1v) is 6.35. The number of benzene rings is 2. The van der Waals surface area contributed by atoms with Crippen molar-refractivity contribution in [2.45, 2.75) is 6.54 Å². The molecule has 3 nitrogen and oxygen atoms in total. The molecule has 0 atom stereocenters. The van der Waals surface area contributed by atoms with Crippen LogP contribution in [0, 0.1) is 5.82 Å². The van der Waals surface area contributed by atoms with Crippen LogP contribution in [0.1, 0.15) is 5.56 Å². The summed E-state index contributed by atoms with van der Waals surface area (Å²) in [7, 11) is 4.96. The molecule has 20 heavy (non-hydrogen) atoms. The predicted molar refractivity (Wildman–Crippen MR) is 77.7 cm³/mol. The lowest BCUT2D eigenvalue weighted by Gasteiger charge is -2.14. The molecule has 4 heteroatoms. The molecule has 0 bridgehead atoms. The van der Waals surface area contributed by atoms with Crippen LogP contribution in [0.4, 0.5) is 4.39 Å². The van der Waals surface area contributed by atoms with E-state index in [9.17, 15) is 4.39 Å². The molecule has 0 radical (unpaired) electrons. The van der Waals surface area contributed by atoms with Gasteiger partial charge in [0.1, 0.15) is 17.3 Å².